The molecule has 13 rings (SSSR count). The molecule has 0 aliphatic heterocycles. The Morgan fingerprint density at radius 3 is 0.461 bits per heavy atom. The Labute approximate surface area is 482 Å². The number of hydrogen-bond donors (Lipinski definition) is 0. The van der Waals surface area contributed by atoms with Crippen LogP contribution in [0.4, 0.5) is 0 Å². The number of aromatic nitrogens is 24. The van der Waals surface area contributed by atoms with Crippen LogP contribution in [-0.4, -0.2) is 156 Å². The normalized spacial score (nSPS) is 11.7. The van der Waals surface area contributed by atoms with Gasteiger partial charge >= 0.3 is 93.9 Å². The van der Waals surface area contributed by atoms with Gasteiger partial charge in [-0.1, -0.05) is 11.5 Å². The minimum absolute atomic E-state index is 0. The van der Waals surface area contributed by atoms with Crippen molar-refractivity contribution in [2.45, 2.75) is 0 Å². The molecule has 1 aliphatic carbocycles. The van der Waals surface area contributed by atoms with Crippen molar-refractivity contribution in [2.24, 2.45) is 0 Å². The van der Waals surface area contributed by atoms with Gasteiger partial charge < -0.3 is 65.3 Å². The van der Waals surface area contributed by atoms with E-state index < -0.39 is 51.6 Å². The molecule has 12 heterocycles. The van der Waals surface area contributed by atoms with Crippen molar-refractivity contribution in [3.05, 3.63) is 245 Å². The van der Waals surface area contributed by atoms with Gasteiger partial charge in [-0.3, -0.25) is 9.59 Å². The van der Waals surface area contributed by atoms with Gasteiger partial charge in [0.2, 0.25) is 0 Å². The van der Waals surface area contributed by atoms with Crippen LogP contribution in [0, 0.1) is 0 Å². The van der Waals surface area contributed by atoms with Crippen LogP contribution in [0.15, 0.2) is 245 Å². The average molecular weight is 1170 g/mol. The first-order valence-electron chi connectivity index (χ1n) is 22.9. The van der Waals surface area contributed by atoms with E-state index in [0.29, 0.717) is 12.2 Å². The molecule has 0 fully saturated rings. The summed E-state index contributed by atoms with van der Waals surface area (Å²) in [5, 5.41) is 71.8. The first kappa shape index (κ1) is 55.2. The average Bonchev–Trinajstić information content (AvgIpc) is 4.27. The Balaban J connectivity index is 0.000000139. The van der Waals surface area contributed by atoms with E-state index in [0.717, 1.165) is 0 Å². The van der Waals surface area contributed by atoms with Crippen molar-refractivity contribution in [3.63, 3.8) is 0 Å². The minimum atomic E-state index is -1.12. The molecule has 0 aromatic carbocycles. The summed E-state index contributed by atoms with van der Waals surface area (Å²) in [5.74, 6) is -3.71. The zero-order valence-electron chi connectivity index (χ0n) is 40.3. The summed E-state index contributed by atoms with van der Waals surface area (Å²) in [4.78, 5) is 20.7. The zero-order valence-corrected chi connectivity index (χ0v) is 46.0. The van der Waals surface area contributed by atoms with Crippen LogP contribution in [0.25, 0.3) is 0 Å². The van der Waals surface area contributed by atoms with Crippen molar-refractivity contribution < 1.29 is 85.2 Å². The molecule has 1 aliphatic rings. The summed E-state index contributed by atoms with van der Waals surface area (Å²) in [6.45, 7) is 0. The maximum atomic E-state index is 10.3. The minimum Gasteiger partial charge on any atom is -0.870 e. The first-order chi connectivity index (χ1) is 36.4. The van der Waals surface area contributed by atoms with Gasteiger partial charge in [-0.25, -0.2) is 61.2 Å². The summed E-state index contributed by atoms with van der Waals surface area (Å²) in [5.41, 5.74) is 0. The molecule has 0 saturated heterocycles. The Morgan fingerprint density at radius 1 is 0.250 bits per heavy atom. The molecule has 0 spiro atoms. The number of rotatable bonds is 12. The second-order valence-electron chi connectivity index (χ2n) is 16.0. The Kier molecular flexibility index (Phi) is 20.1. The standard InChI is InChI=1S/4C9H10BN6.C6H4O4.2Y/c4*1-4-11-14(7-1)10(15-8-2-5-12-15)16-9-3-6-13-16;7-3-1-4(8)6(10)2-5(3)9;;/h4*1-10H;1-2,7,10H;;/q4*-1;;2*+3/p-2. The van der Waals surface area contributed by atoms with Gasteiger partial charge in [0.05, 0.1) is 0 Å². The Hall–Kier alpha value is -8.59. The predicted molar refractivity (Wildman–Crippen MR) is 266 cm³/mol. The smallest absolute Gasteiger partial charge is 0.870 e. The molecule has 0 amide bonds. The van der Waals surface area contributed by atoms with Crippen molar-refractivity contribution in [2.75, 3.05) is 0 Å². The molecule has 0 unspecified atom stereocenters. The third kappa shape index (κ3) is 14.0. The Bertz CT molecular complexity index is 2700. The fourth-order valence-electron chi connectivity index (χ4n) is 7.92. The van der Waals surface area contributed by atoms with Gasteiger partial charge in [0.1, 0.15) is 0 Å². The molecule has 12 aromatic rings. The number of hydrogen-bond acceptors (Lipinski definition) is 16. The molecule has 372 valence electrons. The van der Waals surface area contributed by atoms with Crippen LogP contribution >= 0.6 is 0 Å². The largest absolute Gasteiger partial charge is 3.00 e. The molecular weight excluding hydrogens is 1130 g/mol. The predicted octanol–water partition coefficient (Wildman–Crippen LogP) is -2.63. The van der Waals surface area contributed by atoms with Crippen molar-refractivity contribution >= 4 is 40.0 Å². The molecule has 0 atom stereocenters. The van der Waals surface area contributed by atoms with Crippen molar-refractivity contribution in [1.29, 1.82) is 0 Å². The van der Waals surface area contributed by atoms with E-state index in [1.165, 1.54) is 0 Å². The van der Waals surface area contributed by atoms with Gasteiger partial charge in [0.15, 0.2) is 11.6 Å². The first-order valence-corrected chi connectivity index (χ1v) is 22.9. The number of carbonyl (C=O) groups excluding carboxylic acids is 2. The van der Waals surface area contributed by atoms with E-state index in [1.54, 1.807) is 74.4 Å². The molecule has 0 N–H and O–H groups in total. The summed E-state index contributed by atoms with van der Waals surface area (Å²) in [6, 6.07) is 22.7. The van der Waals surface area contributed by atoms with Gasteiger partial charge in [-0.2, -0.15) is 0 Å². The topological polar surface area (TPSA) is 294 Å². The van der Waals surface area contributed by atoms with E-state index in [-0.39, 0.29) is 65.4 Å². The maximum Gasteiger partial charge on any atom is 3.00 e. The van der Waals surface area contributed by atoms with Gasteiger partial charge in [0, 0.05) is 74.4 Å². The molecule has 0 radical (unpaired) electrons. The van der Waals surface area contributed by atoms with Crippen LogP contribution < -0.4 is 10.2 Å². The van der Waals surface area contributed by atoms with E-state index >= 15 is 0 Å². The van der Waals surface area contributed by atoms with Crippen LogP contribution in [0.1, 0.15) is 0 Å². The zero-order chi connectivity index (χ0) is 50.9. The Morgan fingerprint density at radius 2 is 0.368 bits per heavy atom. The summed E-state index contributed by atoms with van der Waals surface area (Å²) < 4.78 is 22.5. The van der Waals surface area contributed by atoms with Crippen LogP contribution in [0.2, 0.25) is 0 Å². The van der Waals surface area contributed by atoms with E-state index in [9.17, 15) is 19.8 Å². The van der Waals surface area contributed by atoms with Crippen molar-refractivity contribution in [1.82, 2.24) is 116 Å². The molecule has 76 heavy (non-hydrogen) atoms. The summed E-state index contributed by atoms with van der Waals surface area (Å²) >= 11 is 0. The van der Waals surface area contributed by atoms with Crippen molar-refractivity contribution in [3.8, 4) is 0 Å². The quantitative estimate of drug-likeness (QED) is 0.0893. The number of allylic oxidation sites excluding steroid dienone is 2. The van der Waals surface area contributed by atoms with Gasteiger partial charge in [-0.15, -0.1) is 0 Å². The molecular formula is C42H42B4N24O4Y2. The molecule has 34 heteroatoms. The van der Waals surface area contributed by atoms with E-state index in [4.69, 9.17) is 0 Å². The molecule has 12 aromatic heterocycles. The summed E-state index contributed by atoms with van der Waals surface area (Å²) in [7, 11) is -4.50. The van der Waals surface area contributed by atoms with E-state index in [1.807, 2.05) is 202 Å². The number of carbonyl (C=O) groups is 2. The second kappa shape index (κ2) is 27.6. The molecule has 28 nitrogen and oxygen atoms in total. The molecule has 0 bridgehead atoms. The van der Waals surface area contributed by atoms with E-state index in [2.05, 4.69) is 61.2 Å². The third-order valence-corrected chi connectivity index (χ3v) is 11.2. The molecule has 0 saturated carbocycles. The van der Waals surface area contributed by atoms with Gasteiger partial charge in [0.25, 0.3) is 0 Å². The van der Waals surface area contributed by atoms with Crippen LogP contribution in [0.5, 0.6) is 0 Å². The fraction of sp³-hybridized carbons (Fsp3) is 0. The summed E-state index contributed by atoms with van der Waals surface area (Å²) in [6.07, 6.45) is 45.1. The number of nitrogens with zero attached hydrogens (tertiary/aromatic N) is 24. The van der Waals surface area contributed by atoms with Gasteiger partial charge in [-0.05, 0) is 159 Å². The second-order valence-corrected chi connectivity index (χ2v) is 16.0. The van der Waals surface area contributed by atoms with Crippen LogP contribution in [-0.2, 0) is 75.0 Å². The third-order valence-electron chi connectivity index (χ3n) is 11.2. The number of ketones is 2. The maximum absolute atomic E-state index is 10.3. The van der Waals surface area contributed by atoms with Crippen LogP contribution in [0.3, 0.4) is 0 Å². The fourth-order valence-corrected chi connectivity index (χ4v) is 7.92. The SMILES string of the molecule is O=C1C=C([O-])C(=O)C=C1[O-].[Y+3].[Y+3].c1cnn([BH-](n2cccn2)n2cccn2)c1.c1cnn([BH-](n2cccn2)n2cccn2)c1.c1cnn([BH-](n2cccn2)n2cccn2)c1.c1cnn([BH-](n2cccn2)n2cccn2)c1. The monoisotopic (exact) mass is 1170 g/mol.